The second-order valence-corrected chi connectivity index (χ2v) is 4.73. The molecule has 84 valence electrons. The molecule has 0 atom stereocenters. The van der Waals surface area contributed by atoms with Gasteiger partial charge in [0.1, 0.15) is 0 Å². The molecule has 3 heteroatoms. The quantitative estimate of drug-likeness (QED) is 0.745. The molecular weight excluding hydrogens is 228 g/mol. The van der Waals surface area contributed by atoms with Crippen LogP contribution in [0.5, 0.6) is 0 Å². The number of hydrogen-bond donors (Lipinski definition) is 1. The number of fused-ring (bicyclic) bond motifs is 1. The molecule has 0 aliphatic carbocycles. The van der Waals surface area contributed by atoms with E-state index in [4.69, 9.17) is 5.73 Å². The number of hydrogen-bond acceptors (Lipinski definition) is 3. The van der Waals surface area contributed by atoms with Gasteiger partial charge in [-0.2, -0.15) is 4.37 Å². The van der Waals surface area contributed by atoms with Gasteiger partial charge in [0.05, 0.1) is 10.4 Å². The van der Waals surface area contributed by atoms with E-state index in [0.29, 0.717) is 6.54 Å². The Kier molecular flexibility index (Phi) is 2.63. The lowest BCUT2D eigenvalue weighted by molar-refractivity contribution is 1.07. The van der Waals surface area contributed by atoms with Crippen LogP contribution in [-0.4, -0.2) is 4.37 Å². The Labute approximate surface area is 104 Å². The average Bonchev–Trinajstić information content (AvgIpc) is 2.83. The number of aromatic nitrogens is 1. The van der Waals surface area contributed by atoms with Gasteiger partial charge in [-0.05, 0) is 23.2 Å². The van der Waals surface area contributed by atoms with Crippen LogP contribution in [0.4, 0.5) is 0 Å². The van der Waals surface area contributed by atoms with Crippen LogP contribution in [0.25, 0.3) is 21.3 Å². The molecular formula is C14H12N2S. The first-order valence-electron chi connectivity index (χ1n) is 5.52. The molecule has 1 aromatic heterocycles. The van der Waals surface area contributed by atoms with E-state index in [9.17, 15) is 0 Å². The van der Waals surface area contributed by atoms with Crippen LogP contribution in [0.2, 0.25) is 0 Å². The van der Waals surface area contributed by atoms with Gasteiger partial charge in [0.25, 0.3) is 0 Å². The molecule has 0 saturated carbocycles. The van der Waals surface area contributed by atoms with Gasteiger partial charge in [-0.15, -0.1) is 0 Å². The van der Waals surface area contributed by atoms with Gasteiger partial charge >= 0.3 is 0 Å². The predicted octanol–water partition coefficient (Wildman–Crippen LogP) is 3.42. The molecule has 3 rings (SSSR count). The van der Waals surface area contributed by atoms with Gasteiger partial charge in [-0.3, -0.25) is 0 Å². The Hall–Kier alpha value is -1.71. The predicted molar refractivity (Wildman–Crippen MR) is 72.9 cm³/mol. The number of nitrogens with two attached hydrogens (primary N) is 1. The highest BCUT2D eigenvalue weighted by molar-refractivity contribution is 7.13. The molecule has 0 aliphatic heterocycles. The maximum absolute atomic E-state index is 5.60. The SMILES string of the molecule is NCc1ccc(-c2nsc3ccccc23)cc1. The van der Waals surface area contributed by atoms with Crippen molar-refractivity contribution in [2.24, 2.45) is 5.73 Å². The Morgan fingerprint density at radius 2 is 1.76 bits per heavy atom. The van der Waals surface area contributed by atoms with Crippen molar-refractivity contribution in [3.63, 3.8) is 0 Å². The maximum atomic E-state index is 5.60. The zero-order valence-electron chi connectivity index (χ0n) is 9.26. The minimum atomic E-state index is 0.581. The minimum absolute atomic E-state index is 0.581. The Morgan fingerprint density at radius 3 is 2.53 bits per heavy atom. The summed E-state index contributed by atoms with van der Waals surface area (Å²) < 4.78 is 5.76. The van der Waals surface area contributed by atoms with Crippen molar-refractivity contribution in [2.75, 3.05) is 0 Å². The fraction of sp³-hybridized carbons (Fsp3) is 0.0714. The Morgan fingerprint density at radius 1 is 1.00 bits per heavy atom. The molecule has 0 bridgehead atoms. The van der Waals surface area contributed by atoms with E-state index in [1.54, 1.807) is 11.5 Å². The van der Waals surface area contributed by atoms with Crippen LogP contribution in [0.3, 0.4) is 0 Å². The Balaban J connectivity index is 2.13. The molecule has 0 aliphatic rings. The zero-order valence-corrected chi connectivity index (χ0v) is 10.1. The van der Waals surface area contributed by atoms with E-state index in [-0.39, 0.29) is 0 Å². The average molecular weight is 240 g/mol. The highest BCUT2D eigenvalue weighted by atomic mass is 32.1. The Bertz CT molecular complexity index is 641. The molecule has 0 saturated heterocycles. The van der Waals surface area contributed by atoms with E-state index < -0.39 is 0 Å². The van der Waals surface area contributed by atoms with Crippen LogP contribution >= 0.6 is 11.5 Å². The molecule has 0 fully saturated rings. The topological polar surface area (TPSA) is 38.9 Å². The molecule has 2 aromatic carbocycles. The van der Waals surface area contributed by atoms with Crippen LogP contribution < -0.4 is 5.73 Å². The summed E-state index contributed by atoms with van der Waals surface area (Å²) in [4.78, 5) is 0. The lowest BCUT2D eigenvalue weighted by atomic mass is 10.1. The van der Waals surface area contributed by atoms with E-state index in [1.807, 2.05) is 6.07 Å². The van der Waals surface area contributed by atoms with Gasteiger partial charge in [0.2, 0.25) is 0 Å². The zero-order chi connectivity index (χ0) is 11.7. The summed E-state index contributed by atoms with van der Waals surface area (Å²) in [7, 11) is 0. The second-order valence-electron chi connectivity index (χ2n) is 3.93. The van der Waals surface area contributed by atoms with Crippen LogP contribution in [0.1, 0.15) is 5.56 Å². The molecule has 2 nitrogen and oxygen atoms in total. The second kappa shape index (κ2) is 4.28. The first-order chi connectivity index (χ1) is 8.38. The van der Waals surface area contributed by atoms with Gasteiger partial charge < -0.3 is 5.73 Å². The lowest BCUT2D eigenvalue weighted by Crippen LogP contribution is -1.95. The molecule has 1 heterocycles. The highest BCUT2D eigenvalue weighted by Gasteiger charge is 2.07. The number of benzene rings is 2. The van der Waals surface area contributed by atoms with Crippen LogP contribution in [-0.2, 0) is 6.54 Å². The smallest absolute Gasteiger partial charge is 0.0919 e. The van der Waals surface area contributed by atoms with Crippen molar-refractivity contribution in [3.8, 4) is 11.3 Å². The largest absolute Gasteiger partial charge is 0.326 e. The highest BCUT2D eigenvalue weighted by Crippen LogP contribution is 2.30. The summed E-state index contributed by atoms with van der Waals surface area (Å²) in [5.74, 6) is 0. The first-order valence-corrected chi connectivity index (χ1v) is 6.29. The van der Waals surface area contributed by atoms with Gasteiger partial charge in [-0.25, -0.2) is 0 Å². The maximum Gasteiger partial charge on any atom is 0.0919 e. The van der Waals surface area contributed by atoms with Crippen LogP contribution in [0.15, 0.2) is 48.5 Å². The summed E-state index contributed by atoms with van der Waals surface area (Å²) in [6.07, 6.45) is 0. The summed E-state index contributed by atoms with van der Waals surface area (Å²) in [5, 5.41) is 1.22. The van der Waals surface area contributed by atoms with Crippen molar-refractivity contribution in [2.45, 2.75) is 6.54 Å². The molecule has 2 N–H and O–H groups in total. The first kappa shape index (κ1) is 10.4. The van der Waals surface area contributed by atoms with E-state index >= 15 is 0 Å². The summed E-state index contributed by atoms with van der Waals surface area (Å²) in [5.41, 5.74) is 8.96. The summed E-state index contributed by atoms with van der Waals surface area (Å²) >= 11 is 1.54. The van der Waals surface area contributed by atoms with E-state index in [1.165, 1.54) is 10.1 Å². The standard InChI is InChI=1S/C14H12N2S/c15-9-10-5-7-11(8-6-10)14-12-3-1-2-4-13(12)17-16-14/h1-8H,9,15H2. The fourth-order valence-corrected chi connectivity index (χ4v) is 2.69. The van der Waals surface area contributed by atoms with Crippen LogP contribution in [0, 0.1) is 0 Å². The lowest BCUT2D eigenvalue weighted by Gasteiger charge is -2.00. The molecule has 0 spiro atoms. The fourth-order valence-electron chi connectivity index (χ4n) is 1.89. The third kappa shape index (κ3) is 1.84. The van der Waals surface area contributed by atoms with Crippen molar-refractivity contribution in [1.29, 1.82) is 0 Å². The third-order valence-electron chi connectivity index (χ3n) is 2.84. The van der Waals surface area contributed by atoms with Crippen molar-refractivity contribution < 1.29 is 0 Å². The monoisotopic (exact) mass is 240 g/mol. The van der Waals surface area contributed by atoms with E-state index in [2.05, 4.69) is 46.8 Å². The molecule has 0 unspecified atom stereocenters. The molecule has 17 heavy (non-hydrogen) atoms. The third-order valence-corrected chi connectivity index (χ3v) is 3.67. The van der Waals surface area contributed by atoms with Crippen molar-refractivity contribution in [1.82, 2.24) is 4.37 Å². The van der Waals surface area contributed by atoms with Crippen molar-refractivity contribution in [3.05, 3.63) is 54.1 Å². The number of nitrogens with zero attached hydrogens (tertiary/aromatic N) is 1. The molecule has 0 radical (unpaired) electrons. The summed E-state index contributed by atoms with van der Waals surface area (Å²) in [6.45, 7) is 0.581. The van der Waals surface area contributed by atoms with E-state index in [0.717, 1.165) is 16.8 Å². The minimum Gasteiger partial charge on any atom is -0.326 e. The van der Waals surface area contributed by atoms with Gasteiger partial charge in [-0.1, -0.05) is 42.5 Å². The number of rotatable bonds is 2. The van der Waals surface area contributed by atoms with Crippen molar-refractivity contribution >= 4 is 21.6 Å². The normalized spacial score (nSPS) is 10.9. The van der Waals surface area contributed by atoms with Gasteiger partial charge in [0, 0.05) is 17.5 Å². The van der Waals surface area contributed by atoms with Gasteiger partial charge in [0.15, 0.2) is 0 Å². The molecule has 0 amide bonds. The summed E-state index contributed by atoms with van der Waals surface area (Å²) in [6, 6.07) is 16.6. The molecule has 3 aromatic rings.